The van der Waals surface area contributed by atoms with E-state index < -0.39 is 12.1 Å². The fraction of sp³-hybridized carbons (Fsp3) is 0.763. The summed E-state index contributed by atoms with van der Waals surface area (Å²) in [7, 11) is 0. The lowest BCUT2D eigenvalue weighted by Crippen LogP contribution is -2.45. The van der Waals surface area contributed by atoms with E-state index >= 15 is 0 Å². The Bertz CT molecular complexity index is 682. The van der Waals surface area contributed by atoms with Crippen LogP contribution in [0.1, 0.15) is 168 Å². The summed E-state index contributed by atoms with van der Waals surface area (Å²) in [6.45, 7) is 4.21. The van der Waals surface area contributed by atoms with E-state index in [1.807, 2.05) is 0 Å². The molecule has 0 aliphatic rings. The number of aliphatic hydroxyl groups is 2. The highest BCUT2D eigenvalue weighted by Gasteiger charge is 2.19. The second kappa shape index (κ2) is 33.8. The number of nitrogens with one attached hydrogen (secondary N) is 1. The third kappa shape index (κ3) is 29.8. The smallest absolute Gasteiger partial charge is 0.220 e. The molecule has 0 spiro atoms. The van der Waals surface area contributed by atoms with E-state index in [4.69, 9.17) is 0 Å². The van der Waals surface area contributed by atoms with Crippen molar-refractivity contribution < 1.29 is 15.0 Å². The lowest BCUT2D eigenvalue weighted by molar-refractivity contribution is -0.123. The van der Waals surface area contributed by atoms with Crippen molar-refractivity contribution in [1.29, 1.82) is 0 Å². The van der Waals surface area contributed by atoms with E-state index in [0.717, 1.165) is 64.2 Å². The van der Waals surface area contributed by atoms with Crippen LogP contribution >= 0.6 is 0 Å². The van der Waals surface area contributed by atoms with Gasteiger partial charge in [0.1, 0.15) is 0 Å². The molecule has 4 heteroatoms. The van der Waals surface area contributed by atoms with Crippen molar-refractivity contribution in [2.75, 3.05) is 6.61 Å². The molecule has 0 saturated heterocycles. The van der Waals surface area contributed by atoms with Crippen molar-refractivity contribution in [3.05, 3.63) is 48.6 Å². The number of carbonyl (C=O) groups excluding carboxylic acids is 1. The molecule has 0 bridgehead atoms. The van der Waals surface area contributed by atoms with Crippen LogP contribution in [-0.4, -0.2) is 34.9 Å². The molecule has 0 heterocycles. The highest BCUT2D eigenvalue weighted by Crippen LogP contribution is 2.14. The molecule has 0 aromatic rings. The van der Waals surface area contributed by atoms with Gasteiger partial charge < -0.3 is 15.5 Å². The maximum absolute atomic E-state index is 12.3. The van der Waals surface area contributed by atoms with Crippen LogP contribution in [0, 0.1) is 0 Å². The minimum Gasteiger partial charge on any atom is -0.394 e. The van der Waals surface area contributed by atoms with Crippen LogP contribution in [-0.2, 0) is 4.79 Å². The average Bonchev–Trinajstić information content (AvgIpc) is 2.99. The van der Waals surface area contributed by atoms with Gasteiger partial charge in [-0.3, -0.25) is 4.79 Å². The first-order valence-electron chi connectivity index (χ1n) is 17.8. The second-order valence-electron chi connectivity index (χ2n) is 11.9. The maximum atomic E-state index is 12.3. The van der Waals surface area contributed by atoms with Crippen LogP contribution in [0.25, 0.3) is 0 Å². The Kier molecular flexibility index (Phi) is 32.5. The summed E-state index contributed by atoms with van der Waals surface area (Å²) in [4.78, 5) is 12.3. The first-order valence-corrected chi connectivity index (χ1v) is 17.8. The Morgan fingerprint density at radius 3 is 1.57 bits per heavy atom. The Hall–Kier alpha value is -1.65. The lowest BCUT2D eigenvalue weighted by Gasteiger charge is -2.22. The van der Waals surface area contributed by atoms with Gasteiger partial charge in [0.25, 0.3) is 0 Å². The Labute approximate surface area is 261 Å². The van der Waals surface area contributed by atoms with Gasteiger partial charge in [-0.15, -0.1) is 0 Å². The zero-order valence-electron chi connectivity index (χ0n) is 27.8. The van der Waals surface area contributed by atoms with Gasteiger partial charge >= 0.3 is 0 Å². The van der Waals surface area contributed by atoms with Crippen molar-refractivity contribution in [2.24, 2.45) is 0 Å². The van der Waals surface area contributed by atoms with Crippen LogP contribution in [0.5, 0.6) is 0 Å². The zero-order chi connectivity index (χ0) is 30.8. The topological polar surface area (TPSA) is 69.6 Å². The third-order valence-corrected chi connectivity index (χ3v) is 7.85. The molecule has 2 unspecified atom stereocenters. The summed E-state index contributed by atoms with van der Waals surface area (Å²) in [6.07, 6.45) is 44.4. The molecule has 0 aliphatic carbocycles. The van der Waals surface area contributed by atoms with Gasteiger partial charge in [-0.2, -0.15) is 0 Å². The number of rotatable bonds is 31. The molecule has 0 rings (SSSR count). The van der Waals surface area contributed by atoms with Gasteiger partial charge in [0.15, 0.2) is 0 Å². The SMILES string of the molecule is CC/C=C\C/C=C\C/C=C\C/C=C\CCCCCCCCC(=O)NC(CO)C(O)CCCCCCCCCCCCC. The van der Waals surface area contributed by atoms with Crippen molar-refractivity contribution >= 4 is 5.91 Å². The molecule has 1 amide bonds. The predicted molar refractivity (Wildman–Crippen MR) is 184 cm³/mol. The molecule has 0 aromatic heterocycles. The number of hydrogen-bond acceptors (Lipinski definition) is 3. The summed E-state index contributed by atoms with van der Waals surface area (Å²) in [5.74, 6) is -0.0497. The summed E-state index contributed by atoms with van der Waals surface area (Å²) >= 11 is 0. The van der Waals surface area contributed by atoms with Crippen LogP contribution in [0.15, 0.2) is 48.6 Å². The van der Waals surface area contributed by atoms with Crippen LogP contribution < -0.4 is 5.32 Å². The first-order chi connectivity index (χ1) is 20.7. The van der Waals surface area contributed by atoms with Gasteiger partial charge in [0.05, 0.1) is 18.8 Å². The highest BCUT2D eigenvalue weighted by molar-refractivity contribution is 5.76. The van der Waals surface area contributed by atoms with Crippen LogP contribution in [0.3, 0.4) is 0 Å². The Morgan fingerprint density at radius 2 is 1.05 bits per heavy atom. The largest absolute Gasteiger partial charge is 0.394 e. The fourth-order valence-corrected chi connectivity index (χ4v) is 5.11. The summed E-state index contributed by atoms with van der Waals surface area (Å²) < 4.78 is 0. The van der Waals surface area contributed by atoms with Crippen molar-refractivity contribution in [1.82, 2.24) is 5.32 Å². The van der Waals surface area contributed by atoms with E-state index in [-0.39, 0.29) is 12.5 Å². The van der Waals surface area contributed by atoms with Gasteiger partial charge in [-0.05, 0) is 51.4 Å². The van der Waals surface area contributed by atoms with Gasteiger partial charge in [-0.25, -0.2) is 0 Å². The van der Waals surface area contributed by atoms with E-state index in [0.29, 0.717) is 12.8 Å². The average molecular weight is 588 g/mol. The van der Waals surface area contributed by atoms with Crippen molar-refractivity contribution in [3.8, 4) is 0 Å². The van der Waals surface area contributed by atoms with E-state index in [2.05, 4.69) is 67.8 Å². The number of amides is 1. The Morgan fingerprint density at radius 1 is 0.595 bits per heavy atom. The normalized spacial score (nSPS) is 13.7. The van der Waals surface area contributed by atoms with E-state index in [9.17, 15) is 15.0 Å². The molecule has 42 heavy (non-hydrogen) atoms. The molecule has 4 nitrogen and oxygen atoms in total. The van der Waals surface area contributed by atoms with Gasteiger partial charge in [0.2, 0.25) is 5.91 Å². The minimum absolute atomic E-state index is 0.0497. The summed E-state index contributed by atoms with van der Waals surface area (Å²) in [5.41, 5.74) is 0. The summed E-state index contributed by atoms with van der Waals surface area (Å²) in [5, 5.41) is 23.0. The molecule has 244 valence electrons. The quantitative estimate of drug-likeness (QED) is 0.0558. The molecule has 0 fully saturated rings. The van der Waals surface area contributed by atoms with Crippen LogP contribution in [0.4, 0.5) is 0 Å². The standard InChI is InChI=1S/C38H69NO3/c1-3-5-7-9-11-13-15-16-17-18-19-20-21-22-24-26-28-30-32-34-38(42)39-36(35-40)37(41)33-31-29-27-25-23-14-12-10-8-6-4-2/h5,7,11,13,16-17,19-20,36-37,40-41H,3-4,6,8-10,12,14-15,18,21-35H2,1-2H3,(H,39,42)/b7-5-,13-11-,17-16-,20-19-. The zero-order valence-corrected chi connectivity index (χ0v) is 27.8. The third-order valence-electron chi connectivity index (χ3n) is 7.85. The minimum atomic E-state index is -0.664. The number of hydrogen-bond donors (Lipinski definition) is 3. The molecule has 0 aromatic carbocycles. The maximum Gasteiger partial charge on any atom is 0.220 e. The second-order valence-corrected chi connectivity index (χ2v) is 11.9. The lowest BCUT2D eigenvalue weighted by atomic mass is 10.0. The molecular formula is C38H69NO3. The molecule has 0 radical (unpaired) electrons. The van der Waals surface area contributed by atoms with E-state index in [1.165, 1.54) is 77.0 Å². The first kappa shape index (κ1) is 40.4. The predicted octanol–water partition coefficient (Wildman–Crippen LogP) is 10.5. The van der Waals surface area contributed by atoms with E-state index in [1.54, 1.807) is 0 Å². The molecular weight excluding hydrogens is 518 g/mol. The number of carbonyl (C=O) groups is 1. The number of allylic oxidation sites excluding steroid dienone is 8. The molecule has 3 N–H and O–H groups in total. The number of aliphatic hydroxyl groups excluding tert-OH is 2. The van der Waals surface area contributed by atoms with Gasteiger partial charge in [0, 0.05) is 6.42 Å². The van der Waals surface area contributed by atoms with Crippen molar-refractivity contribution in [2.45, 2.75) is 180 Å². The fourth-order valence-electron chi connectivity index (χ4n) is 5.11. The summed E-state index contributed by atoms with van der Waals surface area (Å²) in [6, 6.07) is -0.543. The molecule has 0 aliphatic heterocycles. The Balaban J connectivity index is 3.63. The number of unbranched alkanes of at least 4 members (excludes halogenated alkanes) is 16. The van der Waals surface area contributed by atoms with Crippen molar-refractivity contribution in [3.63, 3.8) is 0 Å². The van der Waals surface area contributed by atoms with Crippen LogP contribution in [0.2, 0.25) is 0 Å². The highest BCUT2D eigenvalue weighted by atomic mass is 16.3. The monoisotopic (exact) mass is 588 g/mol. The molecule has 2 atom stereocenters. The van der Waals surface area contributed by atoms with Gasteiger partial charge in [-0.1, -0.05) is 159 Å². The molecule has 0 saturated carbocycles.